The van der Waals surface area contributed by atoms with Crippen molar-refractivity contribution in [3.05, 3.63) is 29.8 Å². The minimum atomic E-state index is 0.352. The Morgan fingerprint density at radius 1 is 1.18 bits per heavy atom. The molecule has 0 aromatic heterocycles. The van der Waals surface area contributed by atoms with Crippen molar-refractivity contribution in [1.82, 2.24) is 5.32 Å². The van der Waals surface area contributed by atoms with E-state index in [2.05, 4.69) is 19.2 Å². The van der Waals surface area contributed by atoms with Crippen LogP contribution in [0.2, 0.25) is 0 Å². The van der Waals surface area contributed by atoms with Crippen LogP contribution >= 0.6 is 0 Å². The van der Waals surface area contributed by atoms with Gasteiger partial charge < -0.3 is 10.4 Å². The molecule has 0 aliphatic carbocycles. The first-order valence-electron chi connectivity index (χ1n) is 6.77. The normalized spacial score (nSPS) is 12.6. The summed E-state index contributed by atoms with van der Waals surface area (Å²) in [6.07, 6.45) is 5.95. The second-order valence-electron chi connectivity index (χ2n) is 4.62. The van der Waals surface area contributed by atoms with Gasteiger partial charge in [0.15, 0.2) is 0 Å². The lowest BCUT2D eigenvalue weighted by Gasteiger charge is -2.16. The molecule has 1 unspecified atom stereocenters. The smallest absolute Gasteiger partial charge is 0.115 e. The molecule has 1 aromatic carbocycles. The summed E-state index contributed by atoms with van der Waals surface area (Å²) >= 11 is 0. The van der Waals surface area contributed by atoms with Crippen LogP contribution in [0.4, 0.5) is 0 Å². The third-order valence-electron chi connectivity index (χ3n) is 3.13. The van der Waals surface area contributed by atoms with Gasteiger partial charge in [0.05, 0.1) is 0 Å². The Balaban J connectivity index is 2.23. The van der Waals surface area contributed by atoms with E-state index in [0.29, 0.717) is 11.8 Å². The molecule has 1 atom stereocenters. The molecule has 1 rings (SSSR count). The zero-order chi connectivity index (χ0) is 12.5. The van der Waals surface area contributed by atoms with E-state index in [4.69, 9.17) is 0 Å². The number of benzene rings is 1. The highest BCUT2D eigenvalue weighted by atomic mass is 16.3. The Kier molecular flexibility index (Phi) is 6.71. The molecular formula is C15H25NO. The number of aryl methyl sites for hydroxylation is 1. The molecule has 0 aliphatic heterocycles. The summed E-state index contributed by atoms with van der Waals surface area (Å²) in [4.78, 5) is 0. The molecule has 1 aromatic rings. The lowest BCUT2D eigenvalue weighted by molar-refractivity contribution is 0.455. The summed E-state index contributed by atoms with van der Waals surface area (Å²) in [5.74, 6) is 0.352. The maximum absolute atomic E-state index is 9.20. The minimum absolute atomic E-state index is 0.352. The van der Waals surface area contributed by atoms with E-state index in [1.807, 2.05) is 12.1 Å². The monoisotopic (exact) mass is 235 g/mol. The highest BCUT2D eigenvalue weighted by Gasteiger charge is 2.04. The molecule has 17 heavy (non-hydrogen) atoms. The SMILES string of the molecule is CCCNC(CC)CCCc1ccc(O)cc1. The Morgan fingerprint density at radius 2 is 1.88 bits per heavy atom. The lowest BCUT2D eigenvalue weighted by atomic mass is 10.0. The molecule has 0 amide bonds. The molecule has 2 heteroatoms. The van der Waals surface area contributed by atoms with Crippen molar-refractivity contribution in [3.63, 3.8) is 0 Å². The van der Waals surface area contributed by atoms with Gasteiger partial charge in [0.1, 0.15) is 5.75 Å². The van der Waals surface area contributed by atoms with Gasteiger partial charge in [-0.25, -0.2) is 0 Å². The summed E-state index contributed by atoms with van der Waals surface area (Å²) in [6, 6.07) is 8.21. The van der Waals surface area contributed by atoms with Crippen molar-refractivity contribution in [2.24, 2.45) is 0 Å². The van der Waals surface area contributed by atoms with Crippen LogP contribution in [-0.2, 0) is 6.42 Å². The number of rotatable bonds is 8. The van der Waals surface area contributed by atoms with Gasteiger partial charge in [0, 0.05) is 6.04 Å². The first-order chi connectivity index (χ1) is 8.26. The quantitative estimate of drug-likeness (QED) is 0.723. The molecule has 0 spiro atoms. The van der Waals surface area contributed by atoms with E-state index in [1.165, 1.54) is 31.2 Å². The third kappa shape index (κ3) is 5.73. The van der Waals surface area contributed by atoms with Gasteiger partial charge in [-0.1, -0.05) is 26.0 Å². The molecular weight excluding hydrogens is 210 g/mol. The van der Waals surface area contributed by atoms with Crippen LogP contribution in [0.25, 0.3) is 0 Å². The number of phenolic OH excluding ortho intramolecular Hbond substituents is 1. The van der Waals surface area contributed by atoms with Crippen molar-refractivity contribution in [2.45, 2.75) is 52.0 Å². The predicted molar refractivity (Wildman–Crippen MR) is 73.4 cm³/mol. The molecule has 0 aliphatic rings. The van der Waals surface area contributed by atoms with Crippen LogP contribution < -0.4 is 5.32 Å². The highest BCUT2D eigenvalue weighted by Crippen LogP contribution is 2.13. The Labute approximate surface area is 105 Å². The molecule has 96 valence electrons. The first-order valence-corrected chi connectivity index (χ1v) is 6.77. The number of nitrogens with one attached hydrogen (secondary N) is 1. The van der Waals surface area contributed by atoms with E-state index in [1.54, 1.807) is 12.1 Å². The number of hydrogen-bond donors (Lipinski definition) is 2. The molecule has 0 bridgehead atoms. The van der Waals surface area contributed by atoms with Crippen molar-refractivity contribution in [3.8, 4) is 5.75 Å². The van der Waals surface area contributed by atoms with Crippen molar-refractivity contribution in [1.29, 1.82) is 0 Å². The maximum Gasteiger partial charge on any atom is 0.115 e. The zero-order valence-corrected chi connectivity index (χ0v) is 11.1. The average molecular weight is 235 g/mol. The Morgan fingerprint density at radius 3 is 2.47 bits per heavy atom. The van der Waals surface area contributed by atoms with Crippen LogP contribution in [0.3, 0.4) is 0 Å². The van der Waals surface area contributed by atoms with Gasteiger partial charge in [-0.15, -0.1) is 0 Å². The van der Waals surface area contributed by atoms with E-state index < -0.39 is 0 Å². The summed E-state index contributed by atoms with van der Waals surface area (Å²) in [7, 11) is 0. The van der Waals surface area contributed by atoms with Gasteiger partial charge in [0.25, 0.3) is 0 Å². The average Bonchev–Trinajstić information content (AvgIpc) is 2.36. The van der Waals surface area contributed by atoms with E-state index >= 15 is 0 Å². The van der Waals surface area contributed by atoms with Crippen molar-refractivity contribution < 1.29 is 5.11 Å². The van der Waals surface area contributed by atoms with Crippen LogP contribution in [0, 0.1) is 0 Å². The Hall–Kier alpha value is -1.02. The fraction of sp³-hybridized carbons (Fsp3) is 0.600. The summed E-state index contributed by atoms with van der Waals surface area (Å²) in [5.41, 5.74) is 1.31. The third-order valence-corrected chi connectivity index (χ3v) is 3.13. The molecule has 2 N–H and O–H groups in total. The number of hydrogen-bond acceptors (Lipinski definition) is 2. The van der Waals surface area contributed by atoms with Gasteiger partial charge in [-0.2, -0.15) is 0 Å². The molecule has 2 nitrogen and oxygen atoms in total. The standard InChI is InChI=1S/C15H25NO/c1-3-12-16-14(4-2)7-5-6-13-8-10-15(17)11-9-13/h8-11,14,16-17H,3-7,12H2,1-2H3. The lowest BCUT2D eigenvalue weighted by Crippen LogP contribution is -2.29. The van der Waals surface area contributed by atoms with Gasteiger partial charge in [-0.3, -0.25) is 0 Å². The fourth-order valence-corrected chi connectivity index (χ4v) is 2.01. The van der Waals surface area contributed by atoms with E-state index in [-0.39, 0.29) is 0 Å². The van der Waals surface area contributed by atoms with Crippen LogP contribution in [0.15, 0.2) is 24.3 Å². The van der Waals surface area contributed by atoms with E-state index in [9.17, 15) is 5.11 Å². The van der Waals surface area contributed by atoms with Gasteiger partial charge in [-0.05, 0) is 56.3 Å². The van der Waals surface area contributed by atoms with Crippen LogP contribution in [-0.4, -0.2) is 17.7 Å². The number of aromatic hydroxyl groups is 1. The topological polar surface area (TPSA) is 32.3 Å². The van der Waals surface area contributed by atoms with E-state index in [0.717, 1.165) is 13.0 Å². The second-order valence-corrected chi connectivity index (χ2v) is 4.62. The summed E-state index contributed by atoms with van der Waals surface area (Å²) in [5, 5.41) is 12.8. The molecule has 0 fully saturated rings. The summed E-state index contributed by atoms with van der Waals surface area (Å²) < 4.78 is 0. The molecule has 0 saturated heterocycles. The van der Waals surface area contributed by atoms with Crippen molar-refractivity contribution in [2.75, 3.05) is 6.54 Å². The predicted octanol–water partition coefficient (Wildman–Crippen LogP) is 3.49. The summed E-state index contributed by atoms with van der Waals surface area (Å²) in [6.45, 7) is 5.57. The highest BCUT2D eigenvalue weighted by molar-refractivity contribution is 5.25. The molecule has 0 radical (unpaired) electrons. The van der Waals surface area contributed by atoms with Crippen LogP contribution in [0.5, 0.6) is 5.75 Å². The molecule has 0 saturated carbocycles. The maximum atomic E-state index is 9.20. The van der Waals surface area contributed by atoms with Gasteiger partial charge in [0.2, 0.25) is 0 Å². The Bertz CT molecular complexity index is 294. The van der Waals surface area contributed by atoms with Crippen molar-refractivity contribution >= 4 is 0 Å². The van der Waals surface area contributed by atoms with Gasteiger partial charge >= 0.3 is 0 Å². The second kappa shape index (κ2) is 8.13. The minimum Gasteiger partial charge on any atom is -0.508 e. The fourth-order valence-electron chi connectivity index (χ4n) is 2.01. The largest absolute Gasteiger partial charge is 0.508 e. The zero-order valence-electron chi connectivity index (χ0n) is 11.1. The number of phenols is 1. The first kappa shape index (κ1) is 14.0. The molecule has 0 heterocycles. The van der Waals surface area contributed by atoms with Crippen LogP contribution in [0.1, 0.15) is 45.1 Å².